The molecule has 0 bridgehead atoms. The number of aryl methyl sites for hydroxylation is 1. The van der Waals surface area contributed by atoms with E-state index in [9.17, 15) is 4.79 Å². The van der Waals surface area contributed by atoms with Crippen LogP contribution in [0.1, 0.15) is 40.3 Å². The van der Waals surface area contributed by atoms with Crippen LogP contribution in [0.5, 0.6) is 5.75 Å². The van der Waals surface area contributed by atoms with Gasteiger partial charge in [-0.05, 0) is 44.5 Å². The Kier molecular flexibility index (Phi) is 5.12. The van der Waals surface area contributed by atoms with E-state index >= 15 is 0 Å². The minimum absolute atomic E-state index is 0.130. The van der Waals surface area contributed by atoms with Crippen LogP contribution in [-0.2, 0) is 0 Å². The van der Waals surface area contributed by atoms with E-state index in [1.807, 2.05) is 62.4 Å². The van der Waals surface area contributed by atoms with Crippen molar-refractivity contribution in [3.05, 3.63) is 83.2 Å². The lowest BCUT2D eigenvalue weighted by molar-refractivity contribution is 0.102. The van der Waals surface area contributed by atoms with Crippen molar-refractivity contribution in [3.63, 3.8) is 0 Å². The predicted molar refractivity (Wildman–Crippen MR) is 105 cm³/mol. The lowest BCUT2D eigenvalue weighted by Gasteiger charge is -2.19. The Hall–Kier alpha value is -3.01. The first kappa shape index (κ1) is 17.8. The van der Waals surface area contributed by atoms with Gasteiger partial charge in [0.1, 0.15) is 5.75 Å². The quantitative estimate of drug-likeness (QED) is 0.707. The van der Waals surface area contributed by atoms with Gasteiger partial charge in [-0.3, -0.25) is 4.79 Å². The number of carbonyl (C=O) groups excluding carboxylic acids is 1. The summed E-state index contributed by atoms with van der Waals surface area (Å²) in [6.45, 7) is 6.17. The van der Waals surface area contributed by atoms with E-state index in [1.165, 1.54) is 5.56 Å². The van der Waals surface area contributed by atoms with Crippen molar-refractivity contribution in [1.82, 2.24) is 4.57 Å². The molecule has 3 aromatic rings. The Morgan fingerprint density at radius 1 is 1.04 bits per heavy atom. The monoisotopic (exact) mass is 348 g/mol. The van der Waals surface area contributed by atoms with Crippen molar-refractivity contribution < 1.29 is 9.53 Å². The van der Waals surface area contributed by atoms with E-state index in [-0.39, 0.29) is 11.9 Å². The van der Waals surface area contributed by atoms with Gasteiger partial charge in [0.05, 0.1) is 24.4 Å². The summed E-state index contributed by atoms with van der Waals surface area (Å²) in [7, 11) is 1.60. The molecular formula is C22H24N2O2. The third-order valence-electron chi connectivity index (χ3n) is 4.75. The maximum absolute atomic E-state index is 12.8. The molecule has 4 nitrogen and oxygen atoms in total. The van der Waals surface area contributed by atoms with Gasteiger partial charge in [0, 0.05) is 11.4 Å². The molecule has 2 aromatic carbocycles. The van der Waals surface area contributed by atoms with E-state index in [1.54, 1.807) is 7.11 Å². The summed E-state index contributed by atoms with van der Waals surface area (Å²) in [6, 6.07) is 19.8. The second-order valence-corrected chi connectivity index (χ2v) is 6.40. The summed E-state index contributed by atoms with van der Waals surface area (Å²) >= 11 is 0. The highest BCUT2D eigenvalue weighted by molar-refractivity contribution is 6.06. The minimum atomic E-state index is -0.130. The van der Waals surface area contributed by atoms with Crippen LogP contribution in [0, 0.1) is 13.8 Å². The van der Waals surface area contributed by atoms with Crippen LogP contribution >= 0.6 is 0 Å². The SMILES string of the molecule is COc1ccccc1NC(=O)c1cc(C)n([C@H](C)c2ccccc2)c1C. The van der Waals surface area contributed by atoms with Crippen LogP contribution in [0.2, 0.25) is 0 Å². The molecule has 0 aliphatic heterocycles. The van der Waals surface area contributed by atoms with Crippen molar-refractivity contribution in [3.8, 4) is 5.75 Å². The molecule has 0 aliphatic rings. The highest BCUT2D eigenvalue weighted by Crippen LogP contribution is 2.28. The summed E-state index contributed by atoms with van der Waals surface area (Å²) in [5.41, 5.74) is 4.57. The van der Waals surface area contributed by atoms with Crippen LogP contribution in [-0.4, -0.2) is 17.6 Å². The number of methoxy groups -OCH3 is 1. The zero-order valence-electron chi connectivity index (χ0n) is 15.6. The van der Waals surface area contributed by atoms with Gasteiger partial charge in [-0.2, -0.15) is 0 Å². The van der Waals surface area contributed by atoms with Crippen LogP contribution in [0.25, 0.3) is 0 Å². The number of hydrogen-bond donors (Lipinski definition) is 1. The van der Waals surface area contributed by atoms with E-state index < -0.39 is 0 Å². The molecule has 26 heavy (non-hydrogen) atoms. The molecule has 1 aromatic heterocycles. The van der Waals surface area contributed by atoms with E-state index in [0.717, 1.165) is 11.4 Å². The second kappa shape index (κ2) is 7.48. The fourth-order valence-electron chi connectivity index (χ4n) is 3.42. The maximum Gasteiger partial charge on any atom is 0.257 e. The third-order valence-corrected chi connectivity index (χ3v) is 4.75. The van der Waals surface area contributed by atoms with E-state index in [4.69, 9.17) is 4.74 Å². The van der Waals surface area contributed by atoms with Crippen LogP contribution in [0.4, 0.5) is 5.69 Å². The standard InChI is InChI=1S/C22H24N2O2/c1-15-14-19(22(25)23-20-12-8-9-13-21(20)26-4)17(3)24(15)16(2)18-10-6-5-7-11-18/h5-14,16H,1-4H3,(H,23,25)/t16-/m1/s1. The number of nitrogens with one attached hydrogen (secondary N) is 1. The molecule has 1 N–H and O–H groups in total. The number of ether oxygens (including phenoxy) is 1. The van der Waals surface area contributed by atoms with E-state index in [0.29, 0.717) is 17.0 Å². The largest absolute Gasteiger partial charge is 0.495 e. The number of hydrogen-bond acceptors (Lipinski definition) is 2. The molecule has 1 atom stereocenters. The van der Waals surface area contributed by atoms with Crippen molar-refractivity contribution in [2.24, 2.45) is 0 Å². The zero-order chi connectivity index (χ0) is 18.7. The van der Waals surface area contributed by atoms with E-state index in [2.05, 4.69) is 28.9 Å². The zero-order valence-corrected chi connectivity index (χ0v) is 15.6. The number of aromatic nitrogens is 1. The summed E-state index contributed by atoms with van der Waals surface area (Å²) in [6.07, 6.45) is 0. The second-order valence-electron chi connectivity index (χ2n) is 6.40. The third kappa shape index (κ3) is 3.36. The Bertz CT molecular complexity index is 913. The number of benzene rings is 2. The Balaban J connectivity index is 1.91. The van der Waals surface area contributed by atoms with Gasteiger partial charge in [0.15, 0.2) is 0 Å². The average Bonchev–Trinajstić information content (AvgIpc) is 2.96. The topological polar surface area (TPSA) is 43.3 Å². The van der Waals surface area contributed by atoms with Gasteiger partial charge < -0.3 is 14.6 Å². The Labute approximate surface area is 154 Å². The molecule has 1 heterocycles. The Morgan fingerprint density at radius 2 is 1.69 bits per heavy atom. The molecule has 0 unspecified atom stereocenters. The Morgan fingerprint density at radius 3 is 2.38 bits per heavy atom. The van der Waals surface area contributed by atoms with Crippen molar-refractivity contribution in [2.75, 3.05) is 12.4 Å². The summed E-state index contributed by atoms with van der Waals surface area (Å²) in [4.78, 5) is 12.8. The van der Waals surface area contributed by atoms with Crippen LogP contribution in [0.3, 0.4) is 0 Å². The smallest absolute Gasteiger partial charge is 0.257 e. The van der Waals surface area contributed by atoms with Crippen molar-refractivity contribution in [1.29, 1.82) is 0 Å². The molecule has 134 valence electrons. The molecule has 3 rings (SSSR count). The number of nitrogens with zero attached hydrogens (tertiary/aromatic N) is 1. The fourth-order valence-corrected chi connectivity index (χ4v) is 3.42. The molecule has 0 spiro atoms. The van der Waals surface area contributed by atoms with Gasteiger partial charge in [-0.15, -0.1) is 0 Å². The van der Waals surface area contributed by atoms with Gasteiger partial charge in [-0.1, -0.05) is 42.5 Å². The van der Waals surface area contributed by atoms with Gasteiger partial charge in [-0.25, -0.2) is 0 Å². The van der Waals surface area contributed by atoms with Crippen molar-refractivity contribution >= 4 is 11.6 Å². The minimum Gasteiger partial charge on any atom is -0.495 e. The maximum atomic E-state index is 12.8. The highest BCUT2D eigenvalue weighted by Gasteiger charge is 2.20. The summed E-state index contributed by atoms with van der Waals surface area (Å²) in [5, 5.41) is 2.96. The van der Waals surface area contributed by atoms with Gasteiger partial charge >= 0.3 is 0 Å². The summed E-state index contributed by atoms with van der Waals surface area (Å²) in [5.74, 6) is 0.515. The predicted octanol–water partition coefficient (Wildman–Crippen LogP) is 4.98. The molecule has 1 amide bonds. The fraction of sp³-hybridized carbons (Fsp3) is 0.227. The molecule has 0 aliphatic carbocycles. The first-order valence-electron chi connectivity index (χ1n) is 8.70. The number of rotatable bonds is 5. The number of anilines is 1. The highest BCUT2D eigenvalue weighted by atomic mass is 16.5. The normalized spacial score (nSPS) is 11.8. The first-order valence-corrected chi connectivity index (χ1v) is 8.70. The molecule has 0 radical (unpaired) electrons. The summed E-state index contributed by atoms with van der Waals surface area (Å²) < 4.78 is 7.52. The lowest BCUT2D eigenvalue weighted by Crippen LogP contribution is -2.15. The van der Waals surface area contributed by atoms with Crippen molar-refractivity contribution in [2.45, 2.75) is 26.8 Å². The van der Waals surface area contributed by atoms with Gasteiger partial charge in [0.25, 0.3) is 5.91 Å². The average molecular weight is 348 g/mol. The first-order chi connectivity index (χ1) is 12.5. The van der Waals surface area contributed by atoms with Crippen LogP contribution in [0.15, 0.2) is 60.7 Å². The molecular weight excluding hydrogens is 324 g/mol. The number of para-hydroxylation sites is 2. The molecule has 0 fully saturated rings. The van der Waals surface area contributed by atoms with Crippen LogP contribution < -0.4 is 10.1 Å². The number of amides is 1. The molecule has 4 heteroatoms. The number of carbonyl (C=O) groups is 1. The molecule has 0 saturated heterocycles. The molecule has 0 saturated carbocycles. The van der Waals surface area contributed by atoms with Gasteiger partial charge in [0.2, 0.25) is 0 Å². The lowest BCUT2D eigenvalue weighted by atomic mass is 10.1.